The highest BCUT2D eigenvalue weighted by molar-refractivity contribution is 5.60. The summed E-state index contributed by atoms with van der Waals surface area (Å²) < 4.78 is 63.6. The van der Waals surface area contributed by atoms with Crippen molar-refractivity contribution in [1.82, 2.24) is 0 Å². The van der Waals surface area contributed by atoms with Crippen LogP contribution in [-0.4, -0.2) is 68.6 Å². The number of ether oxygens (including phenoxy) is 10. The molecule has 0 unspecified atom stereocenters. The maximum Gasteiger partial charge on any atom is 0.513 e. The number of benzene rings is 6. The van der Waals surface area contributed by atoms with E-state index in [4.69, 9.17) is 47.4 Å². The molecule has 0 N–H and O–H groups in total. The Bertz CT molecular complexity index is 2060. The molecule has 2 saturated heterocycles. The average Bonchev–Trinajstić information content (AvgIpc) is 3.84. The van der Waals surface area contributed by atoms with Gasteiger partial charge in [0.2, 0.25) is 12.6 Å². The van der Waals surface area contributed by atoms with E-state index < -0.39 is 55.4 Å². The molecule has 64 heavy (non-hydrogen) atoms. The molecule has 2 heterocycles. The van der Waals surface area contributed by atoms with E-state index >= 15 is 0 Å². The Morgan fingerprint density at radius 2 is 0.594 bits per heavy atom. The predicted octanol–water partition coefficient (Wildman–Crippen LogP) is 9.36. The molecular weight excluding hydrogens is 813 g/mol. The molecule has 8 rings (SSSR count). The van der Waals surface area contributed by atoms with Crippen LogP contribution in [0.25, 0.3) is 0 Å². The molecule has 2 aliphatic rings. The second-order valence-electron chi connectivity index (χ2n) is 15.6. The van der Waals surface area contributed by atoms with Crippen LogP contribution in [0.1, 0.15) is 33.4 Å². The van der Waals surface area contributed by atoms with Gasteiger partial charge in [-0.25, -0.2) is 4.79 Å². The number of carbonyl (C=O) groups is 1. The van der Waals surface area contributed by atoms with Crippen LogP contribution in [0.3, 0.4) is 0 Å². The minimum Gasteiger partial charge on any atom is -0.401 e. The minimum atomic E-state index is -1.23. The summed E-state index contributed by atoms with van der Waals surface area (Å²) in [6, 6.07) is 58.8. The van der Waals surface area contributed by atoms with Gasteiger partial charge in [-0.15, -0.1) is 0 Å². The molecule has 0 spiro atoms. The second-order valence-corrected chi connectivity index (χ2v) is 15.6. The normalized spacial score (nSPS) is 22.9. The van der Waals surface area contributed by atoms with Crippen LogP contribution < -0.4 is 0 Å². The first-order valence-corrected chi connectivity index (χ1v) is 21.7. The summed E-state index contributed by atoms with van der Waals surface area (Å²) in [5.41, 5.74) is 5.78. The Morgan fingerprint density at radius 3 is 0.875 bits per heavy atom. The first kappa shape index (κ1) is 44.9. The van der Waals surface area contributed by atoms with E-state index in [9.17, 15) is 4.79 Å². The molecule has 11 heteroatoms. The lowest BCUT2D eigenvalue weighted by Gasteiger charge is -2.26. The van der Waals surface area contributed by atoms with Crippen molar-refractivity contribution in [2.45, 2.75) is 88.8 Å². The first-order valence-electron chi connectivity index (χ1n) is 21.7. The van der Waals surface area contributed by atoms with E-state index in [1.54, 1.807) is 0 Å². The lowest BCUT2D eigenvalue weighted by Crippen LogP contribution is -2.42. The summed E-state index contributed by atoms with van der Waals surface area (Å²) in [4.78, 5) is 14.1. The molecule has 0 aliphatic carbocycles. The Labute approximate surface area is 374 Å². The standard InChI is InChI=1S/C53H54O11/c54-53(63-51-49(59-35-43-27-15-5-16-28-43)47(57-33-41-23-11-3-12-24-41)45(61-51)37-55-31-39-19-7-1-8-20-39)64-52-50(60-36-44-29-17-6-18-30-44)48(58-34-42-25-13-4-14-26-42)46(62-52)38-56-32-40-21-9-2-10-22-40/h1-30,45-52H,31-38H2/t45-,46-,47-,48-,49-,50-,51-,52-/m1/s1. The molecule has 6 aromatic carbocycles. The van der Waals surface area contributed by atoms with Crippen LogP contribution in [0.4, 0.5) is 4.79 Å². The Morgan fingerprint density at radius 1 is 0.344 bits per heavy atom. The quantitative estimate of drug-likeness (QED) is 0.0610. The summed E-state index contributed by atoms with van der Waals surface area (Å²) in [5, 5.41) is 0. The van der Waals surface area contributed by atoms with Crippen LogP contribution in [0.15, 0.2) is 182 Å². The van der Waals surface area contributed by atoms with Crippen molar-refractivity contribution in [3.63, 3.8) is 0 Å². The van der Waals surface area contributed by atoms with Gasteiger partial charge in [0.25, 0.3) is 0 Å². The second kappa shape index (κ2) is 23.8. The van der Waals surface area contributed by atoms with Crippen molar-refractivity contribution in [2.75, 3.05) is 13.2 Å². The zero-order chi connectivity index (χ0) is 43.6. The van der Waals surface area contributed by atoms with Crippen molar-refractivity contribution in [3.8, 4) is 0 Å². The molecule has 0 radical (unpaired) electrons. The van der Waals surface area contributed by atoms with Gasteiger partial charge in [0, 0.05) is 0 Å². The number of rotatable bonds is 22. The summed E-state index contributed by atoms with van der Waals surface area (Å²) in [6.45, 7) is 1.92. The highest BCUT2D eigenvalue weighted by Gasteiger charge is 2.52. The Hall–Kier alpha value is -5.73. The van der Waals surface area contributed by atoms with E-state index in [0.29, 0.717) is 13.2 Å². The van der Waals surface area contributed by atoms with Gasteiger partial charge >= 0.3 is 6.16 Å². The van der Waals surface area contributed by atoms with Crippen LogP contribution in [0.5, 0.6) is 0 Å². The summed E-state index contributed by atoms with van der Waals surface area (Å²) >= 11 is 0. The molecule has 0 amide bonds. The van der Waals surface area contributed by atoms with Crippen LogP contribution in [0, 0.1) is 0 Å². The molecule has 0 bridgehead atoms. The van der Waals surface area contributed by atoms with Gasteiger partial charge < -0.3 is 47.4 Å². The lowest BCUT2D eigenvalue weighted by molar-refractivity contribution is -0.200. The lowest BCUT2D eigenvalue weighted by atomic mass is 10.1. The van der Waals surface area contributed by atoms with E-state index in [0.717, 1.165) is 33.4 Å². The fourth-order valence-corrected chi connectivity index (χ4v) is 7.61. The van der Waals surface area contributed by atoms with Gasteiger partial charge in [-0.3, -0.25) is 0 Å². The van der Waals surface area contributed by atoms with Crippen LogP contribution >= 0.6 is 0 Å². The maximum atomic E-state index is 14.1. The molecule has 2 aliphatic heterocycles. The predicted molar refractivity (Wildman–Crippen MR) is 237 cm³/mol. The zero-order valence-electron chi connectivity index (χ0n) is 35.6. The largest absolute Gasteiger partial charge is 0.513 e. The molecule has 2 fully saturated rings. The highest BCUT2D eigenvalue weighted by Crippen LogP contribution is 2.33. The number of carbonyl (C=O) groups excluding carboxylic acids is 1. The summed E-state index contributed by atoms with van der Waals surface area (Å²) in [7, 11) is 0. The zero-order valence-corrected chi connectivity index (χ0v) is 35.6. The molecule has 8 atom stereocenters. The SMILES string of the molecule is O=C(O[C@H]1O[C@H](COCc2ccccc2)[C@@H](OCc2ccccc2)[C@H]1OCc1ccccc1)O[C@H]1O[C@H](COCc2ccccc2)[C@@H](OCc2ccccc2)[C@H]1OCc1ccccc1. The van der Waals surface area contributed by atoms with Crippen molar-refractivity contribution >= 4 is 6.16 Å². The highest BCUT2D eigenvalue weighted by atomic mass is 16.8. The van der Waals surface area contributed by atoms with Gasteiger partial charge in [0.1, 0.15) is 36.6 Å². The number of hydrogen-bond acceptors (Lipinski definition) is 11. The molecule has 11 nitrogen and oxygen atoms in total. The third-order valence-corrected chi connectivity index (χ3v) is 10.9. The van der Waals surface area contributed by atoms with E-state index in [2.05, 4.69) is 0 Å². The molecule has 6 aromatic rings. The maximum absolute atomic E-state index is 14.1. The Balaban J connectivity index is 1.01. The van der Waals surface area contributed by atoms with E-state index in [-0.39, 0.29) is 39.6 Å². The molecule has 332 valence electrons. The van der Waals surface area contributed by atoms with Crippen molar-refractivity contribution < 1.29 is 52.2 Å². The van der Waals surface area contributed by atoms with Crippen molar-refractivity contribution in [2.24, 2.45) is 0 Å². The van der Waals surface area contributed by atoms with Gasteiger partial charge in [-0.05, 0) is 33.4 Å². The molecule has 0 aromatic heterocycles. The van der Waals surface area contributed by atoms with E-state index in [1.165, 1.54) is 0 Å². The number of hydrogen-bond donors (Lipinski definition) is 0. The van der Waals surface area contributed by atoms with Gasteiger partial charge in [0.05, 0.1) is 52.9 Å². The first-order chi connectivity index (χ1) is 31.6. The van der Waals surface area contributed by atoms with Crippen LogP contribution in [0.2, 0.25) is 0 Å². The average molecular weight is 867 g/mol. The molecular formula is C53H54O11. The Kier molecular flexibility index (Phi) is 16.7. The third-order valence-electron chi connectivity index (χ3n) is 10.9. The summed E-state index contributed by atoms with van der Waals surface area (Å²) in [6.07, 6.45) is -7.96. The minimum absolute atomic E-state index is 0.140. The monoisotopic (exact) mass is 866 g/mol. The molecule has 0 saturated carbocycles. The summed E-state index contributed by atoms with van der Waals surface area (Å²) in [5.74, 6) is 0. The third kappa shape index (κ3) is 13.2. The van der Waals surface area contributed by atoms with Crippen molar-refractivity contribution in [3.05, 3.63) is 215 Å². The van der Waals surface area contributed by atoms with E-state index in [1.807, 2.05) is 182 Å². The smallest absolute Gasteiger partial charge is 0.401 e. The van der Waals surface area contributed by atoms with Gasteiger partial charge in [0.15, 0.2) is 0 Å². The van der Waals surface area contributed by atoms with Crippen LogP contribution in [-0.2, 0) is 87.0 Å². The topological polar surface area (TPSA) is 109 Å². The fourth-order valence-electron chi connectivity index (χ4n) is 7.61. The van der Waals surface area contributed by atoms with Gasteiger partial charge in [-0.2, -0.15) is 0 Å². The van der Waals surface area contributed by atoms with Gasteiger partial charge in [-0.1, -0.05) is 182 Å². The fraction of sp³-hybridized carbons (Fsp3) is 0.302. The van der Waals surface area contributed by atoms with Crippen molar-refractivity contribution in [1.29, 1.82) is 0 Å².